The maximum Gasteiger partial charge on any atom is 0.161 e. The molecule has 1 aromatic carbocycles. The van der Waals surface area contributed by atoms with Gasteiger partial charge in [-0.2, -0.15) is 10.5 Å². The zero-order valence-electron chi connectivity index (χ0n) is 15.9. The smallest absolute Gasteiger partial charge is 0.161 e. The van der Waals surface area contributed by atoms with Gasteiger partial charge in [-0.05, 0) is 73.8 Å². The van der Waals surface area contributed by atoms with Crippen LogP contribution < -0.4 is 0 Å². The summed E-state index contributed by atoms with van der Waals surface area (Å²) < 4.78 is 0. The lowest BCUT2D eigenvalue weighted by atomic mass is 9.48. The van der Waals surface area contributed by atoms with Crippen LogP contribution >= 0.6 is 0 Å². The van der Waals surface area contributed by atoms with E-state index in [9.17, 15) is 15.3 Å². The highest BCUT2D eigenvalue weighted by Gasteiger charge is 2.73. The minimum atomic E-state index is -1.16. The molecule has 5 fully saturated rings. The maximum atomic E-state index is 13.8. The third-order valence-electron chi connectivity index (χ3n) is 8.17. The predicted molar refractivity (Wildman–Crippen MR) is 101 cm³/mol. The van der Waals surface area contributed by atoms with Crippen LogP contribution in [0, 0.1) is 57.2 Å². The SMILES string of the molecule is CCc1ccc([C@H]2[C@H](C(=O)C34CC5CC(CC(C5)C3)C4)C2(C#N)C#N)cc1. The number of nitriles is 2. The number of hydrogen-bond acceptors (Lipinski definition) is 3. The summed E-state index contributed by atoms with van der Waals surface area (Å²) in [4.78, 5) is 13.8. The van der Waals surface area contributed by atoms with Gasteiger partial charge in [-0.15, -0.1) is 0 Å². The lowest BCUT2D eigenvalue weighted by Crippen LogP contribution is -2.50. The molecule has 0 spiro atoms. The van der Waals surface area contributed by atoms with E-state index < -0.39 is 11.3 Å². The summed E-state index contributed by atoms with van der Waals surface area (Å²) in [7, 11) is 0. The van der Waals surface area contributed by atoms with E-state index in [1.54, 1.807) is 0 Å². The summed E-state index contributed by atoms with van der Waals surface area (Å²) in [6.07, 6.45) is 7.85. The van der Waals surface area contributed by atoms with Crippen molar-refractivity contribution in [3.8, 4) is 12.1 Å². The summed E-state index contributed by atoms with van der Waals surface area (Å²) in [6.45, 7) is 2.11. The Balaban J connectivity index is 1.49. The summed E-state index contributed by atoms with van der Waals surface area (Å²) in [6, 6.07) is 12.7. The first-order valence-electron chi connectivity index (χ1n) is 10.5. The van der Waals surface area contributed by atoms with Gasteiger partial charge in [0.1, 0.15) is 5.78 Å². The van der Waals surface area contributed by atoms with Gasteiger partial charge in [-0.1, -0.05) is 31.2 Å². The van der Waals surface area contributed by atoms with Gasteiger partial charge in [0.15, 0.2) is 5.41 Å². The molecule has 0 amide bonds. The number of benzene rings is 1. The molecule has 0 aliphatic heterocycles. The van der Waals surface area contributed by atoms with Crippen molar-refractivity contribution in [3.63, 3.8) is 0 Å². The minimum Gasteiger partial charge on any atom is -0.299 e. The summed E-state index contributed by atoms with van der Waals surface area (Å²) in [5, 5.41) is 19.7. The number of rotatable bonds is 4. The average molecular weight is 358 g/mol. The molecular weight excluding hydrogens is 332 g/mol. The van der Waals surface area contributed by atoms with Crippen LogP contribution in [0.3, 0.4) is 0 Å². The monoisotopic (exact) mass is 358 g/mol. The Morgan fingerprint density at radius 1 is 1.00 bits per heavy atom. The molecule has 27 heavy (non-hydrogen) atoms. The molecule has 3 heteroatoms. The fraction of sp³-hybridized carbons (Fsp3) is 0.625. The van der Waals surface area contributed by atoms with Crippen LogP contribution in [-0.2, 0) is 11.2 Å². The number of hydrogen-bond donors (Lipinski definition) is 0. The van der Waals surface area contributed by atoms with Crippen LogP contribution in [0.15, 0.2) is 24.3 Å². The first-order chi connectivity index (χ1) is 13.0. The van der Waals surface area contributed by atoms with Gasteiger partial charge in [0.05, 0.1) is 18.1 Å². The topological polar surface area (TPSA) is 64.7 Å². The Morgan fingerprint density at radius 3 is 1.96 bits per heavy atom. The lowest BCUT2D eigenvalue weighted by Gasteiger charge is -2.56. The molecule has 4 bridgehead atoms. The molecule has 5 aliphatic carbocycles. The first-order valence-corrected chi connectivity index (χ1v) is 10.5. The van der Waals surface area contributed by atoms with Crippen LogP contribution in [0.25, 0.3) is 0 Å². The standard InChI is InChI=1S/C24H26N2O/c1-2-15-3-5-19(6-4-15)20-21(24(20,13-25)14-26)22(27)23-10-16-7-17(11-23)9-18(8-16)12-23/h3-6,16-18,20-21H,2,7-12H2,1H3/t16?,17?,18?,20-,21+,23?/m0/s1. The molecule has 138 valence electrons. The molecule has 5 aliphatic rings. The molecule has 0 N–H and O–H groups in total. The van der Waals surface area contributed by atoms with Crippen molar-refractivity contribution >= 4 is 5.78 Å². The largest absolute Gasteiger partial charge is 0.299 e. The first kappa shape index (κ1) is 17.0. The normalized spacial score (nSPS) is 40.2. The Morgan fingerprint density at radius 2 is 1.52 bits per heavy atom. The molecule has 5 saturated carbocycles. The molecule has 6 rings (SSSR count). The summed E-state index contributed by atoms with van der Waals surface area (Å²) in [5.41, 5.74) is 0.825. The quantitative estimate of drug-likeness (QED) is 0.778. The van der Waals surface area contributed by atoms with Crippen LogP contribution in [0.1, 0.15) is 62.5 Å². The fourth-order valence-electron chi connectivity index (χ4n) is 7.21. The maximum absolute atomic E-state index is 13.8. The van der Waals surface area contributed by atoms with E-state index in [1.807, 2.05) is 12.1 Å². The van der Waals surface area contributed by atoms with Gasteiger partial charge in [0.2, 0.25) is 0 Å². The van der Waals surface area contributed by atoms with Crippen molar-refractivity contribution in [2.45, 2.75) is 57.8 Å². The Bertz CT molecular complexity index is 820. The van der Waals surface area contributed by atoms with E-state index in [0.717, 1.165) is 31.2 Å². The average Bonchev–Trinajstić information content (AvgIpc) is 3.35. The number of carbonyl (C=O) groups excluding carboxylic acids is 1. The summed E-state index contributed by atoms with van der Waals surface area (Å²) >= 11 is 0. The van der Waals surface area contributed by atoms with E-state index in [-0.39, 0.29) is 17.1 Å². The molecule has 0 heterocycles. The van der Waals surface area contributed by atoms with Crippen LogP contribution in [0.2, 0.25) is 0 Å². The van der Waals surface area contributed by atoms with Gasteiger partial charge in [0, 0.05) is 11.3 Å². The highest BCUT2D eigenvalue weighted by molar-refractivity contribution is 5.94. The zero-order chi connectivity index (χ0) is 18.8. The van der Waals surface area contributed by atoms with Gasteiger partial charge in [-0.3, -0.25) is 4.79 Å². The van der Waals surface area contributed by atoms with Crippen molar-refractivity contribution < 1.29 is 4.79 Å². The minimum absolute atomic E-state index is 0.240. The number of aryl methyl sites for hydroxylation is 1. The van der Waals surface area contributed by atoms with Gasteiger partial charge in [-0.25, -0.2) is 0 Å². The van der Waals surface area contributed by atoms with E-state index in [2.05, 4.69) is 31.2 Å². The van der Waals surface area contributed by atoms with E-state index in [4.69, 9.17) is 0 Å². The number of carbonyl (C=O) groups is 1. The van der Waals surface area contributed by atoms with Gasteiger partial charge < -0.3 is 0 Å². The Kier molecular flexibility index (Phi) is 3.58. The number of ketones is 1. The summed E-state index contributed by atoms with van der Waals surface area (Å²) in [5.74, 6) is 1.64. The van der Waals surface area contributed by atoms with Crippen molar-refractivity contribution in [2.75, 3.05) is 0 Å². The lowest BCUT2D eigenvalue weighted by molar-refractivity contribution is -0.145. The molecule has 0 aromatic heterocycles. The Hall–Kier alpha value is -2.13. The third kappa shape index (κ3) is 2.27. The van der Waals surface area contributed by atoms with Crippen LogP contribution in [-0.4, -0.2) is 5.78 Å². The molecular formula is C24H26N2O. The van der Waals surface area contributed by atoms with Crippen LogP contribution in [0.4, 0.5) is 0 Å². The molecule has 0 radical (unpaired) electrons. The van der Waals surface area contributed by atoms with Gasteiger partial charge >= 0.3 is 0 Å². The molecule has 0 saturated heterocycles. The molecule has 2 atom stereocenters. The second kappa shape index (κ2) is 5.68. The Labute approximate surface area is 161 Å². The molecule has 3 nitrogen and oxygen atoms in total. The van der Waals surface area contributed by atoms with E-state index in [0.29, 0.717) is 17.8 Å². The second-order valence-electron chi connectivity index (χ2n) is 9.71. The highest BCUT2D eigenvalue weighted by Crippen LogP contribution is 2.70. The van der Waals surface area contributed by atoms with Crippen LogP contribution in [0.5, 0.6) is 0 Å². The van der Waals surface area contributed by atoms with E-state index in [1.165, 1.54) is 24.8 Å². The van der Waals surface area contributed by atoms with Crippen molar-refractivity contribution in [1.82, 2.24) is 0 Å². The molecule has 1 aromatic rings. The highest BCUT2D eigenvalue weighted by atomic mass is 16.1. The number of nitrogens with zero attached hydrogens (tertiary/aromatic N) is 2. The third-order valence-corrected chi connectivity index (χ3v) is 8.17. The van der Waals surface area contributed by atoms with Crippen molar-refractivity contribution in [3.05, 3.63) is 35.4 Å². The van der Waals surface area contributed by atoms with Gasteiger partial charge in [0.25, 0.3) is 0 Å². The number of Topliss-reactive ketones (excluding diaryl/α,β-unsaturated/α-hetero) is 1. The fourth-order valence-corrected chi connectivity index (χ4v) is 7.21. The second-order valence-corrected chi connectivity index (χ2v) is 9.71. The predicted octanol–water partition coefficient (Wildman–Crippen LogP) is 4.78. The zero-order valence-corrected chi connectivity index (χ0v) is 15.9. The molecule has 0 unspecified atom stereocenters. The van der Waals surface area contributed by atoms with E-state index >= 15 is 0 Å². The van der Waals surface area contributed by atoms with Crippen molar-refractivity contribution in [1.29, 1.82) is 10.5 Å². The van der Waals surface area contributed by atoms with Crippen molar-refractivity contribution in [2.24, 2.45) is 34.5 Å².